The van der Waals surface area contributed by atoms with E-state index < -0.39 is 13.9 Å². The summed E-state index contributed by atoms with van der Waals surface area (Å²) < 4.78 is 21.4. The molecule has 0 radical (unpaired) electrons. The number of benzene rings is 2. The van der Waals surface area contributed by atoms with E-state index in [2.05, 4.69) is 84.6 Å². The van der Waals surface area contributed by atoms with Gasteiger partial charge in [-0.2, -0.15) is 9.97 Å². The van der Waals surface area contributed by atoms with Crippen LogP contribution in [0, 0.1) is 0 Å². The minimum atomic E-state index is -1.97. The number of piperazine rings is 1. The van der Waals surface area contributed by atoms with Crippen molar-refractivity contribution in [3.63, 3.8) is 0 Å². The van der Waals surface area contributed by atoms with Gasteiger partial charge in [0.15, 0.2) is 11.2 Å². The predicted octanol–water partition coefficient (Wildman–Crippen LogP) is 8.01. The van der Waals surface area contributed by atoms with Crippen LogP contribution in [0.1, 0.15) is 85.6 Å². The maximum Gasteiger partial charge on any atom is 0.410 e. The highest BCUT2D eigenvalue weighted by molar-refractivity contribution is 6.74. The molecule has 8 rings (SSSR count). The van der Waals surface area contributed by atoms with Crippen LogP contribution >= 0.6 is 0 Å². The molecule has 6 heterocycles. The smallest absolute Gasteiger partial charge is 0.410 e. The van der Waals surface area contributed by atoms with Crippen molar-refractivity contribution in [1.82, 2.24) is 29.3 Å². The Kier molecular flexibility index (Phi) is 8.95. The fraction of sp³-hybridized carbons (Fsp3) is 0.610. The summed E-state index contributed by atoms with van der Waals surface area (Å²) in [5.74, 6) is 2.11. The standard InChI is InChI=1S/C41H57N7O4Si/c1-39(2,3)51-38(49)48-30-14-15-31(48)25-45(24-30)37-43-35-34(36(44-37)50-26-41-18-10-20-47(41)21-11-19-41)42-27-46(35)23-29-13-9-12-28-22-32(16-17-33(28)29)52-53(7,8)40(4,5)6/h9,12-13,16-17,22,27,30-31H,10-11,14-15,18-21,23-26H2,1-8H3/t30-,31+. The number of ether oxygens (including phenoxy) is 2. The molecule has 0 aliphatic carbocycles. The van der Waals surface area contributed by atoms with E-state index in [0.717, 1.165) is 55.6 Å². The molecular formula is C41H57N7O4Si. The number of hydrogen-bond donors (Lipinski definition) is 0. The van der Waals surface area contributed by atoms with Crippen LogP contribution in [0.5, 0.6) is 11.6 Å². The molecule has 53 heavy (non-hydrogen) atoms. The van der Waals surface area contributed by atoms with Crippen LogP contribution in [0.2, 0.25) is 18.1 Å². The van der Waals surface area contributed by atoms with Crippen LogP contribution in [0.4, 0.5) is 10.7 Å². The van der Waals surface area contributed by atoms with E-state index in [1.54, 1.807) is 0 Å². The SMILES string of the molecule is CC(C)(C)OC(=O)N1[C@@H]2CC[C@H]1CN(c1nc(OCC34CCCN3CCC4)c3ncn(Cc4cccc5cc(O[Si](C)(C)C(C)(C)C)ccc45)c3n1)C2. The predicted molar refractivity (Wildman–Crippen MR) is 212 cm³/mol. The number of aromatic nitrogens is 4. The molecule has 0 N–H and O–H groups in total. The van der Waals surface area contributed by atoms with E-state index in [1.165, 1.54) is 23.8 Å². The van der Waals surface area contributed by atoms with Crippen LogP contribution in [0.15, 0.2) is 42.7 Å². The lowest BCUT2D eigenvalue weighted by molar-refractivity contribution is 0.0122. The van der Waals surface area contributed by atoms with Gasteiger partial charge in [0.1, 0.15) is 18.0 Å². The Labute approximate surface area is 315 Å². The molecule has 2 aromatic heterocycles. The summed E-state index contributed by atoms with van der Waals surface area (Å²) in [5.41, 5.74) is 2.17. The summed E-state index contributed by atoms with van der Waals surface area (Å²) in [6.45, 7) is 21.9. The van der Waals surface area contributed by atoms with Crippen LogP contribution in [0.3, 0.4) is 0 Å². The van der Waals surface area contributed by atoms with E-state index in [-0.39, 0.29) is 28.8 Å². The first-order valence-electron chi connectivity index (χ1n) is 19.7. The first kappa shape index (κ1) is 36.1. The Morgan fingerprint density at radius 3 is 2.36 bits per heavy atom. The third-order valence-corrected chi connectivity index (χ3v) is 16.9. The van der Waals surface area contributed by atoms with Crippen molar-refractivity contribution >= 4 is 42.3 Å². The molecule has 284 valence electrons. The number of imidazole rings is 1. The van der Waals surface area contributed by atoms with Crippen molar-refractivity contribution in [3.05, 3.63) is 48.3 Å². The molecule has 4 saturated heterocycles. The highest BCUT2D eigenvalue weighted by Crippen LogP contribution is 2.41. The quantitative estimate of drug-likeness (QED) is 0.167. The maximum atomic E-state index is 13.3. The van der Waals surface area contributed by atoms with Crippen LogP contribution in [0.25, 0.3) is 21.9 Å². The topological polar surface area (TPSA) is 98.1 Å². The van der Waals surface area contributed by atoms with Gasteiger partial charge in [0.2, 0.25) is 20.1 Å². The van der Waals surface area contributed by atoms with Crippen molar-refractivity contribution in [2.75, 3.05) is 37.7 Å². The van der Waals surface area contributed by atoms with E-state index in [1.807, 2.05) is 32.0 Å². The summed E-state index contributed by atoms with van der Waals surface area (Å²) in [7, 11) is -1.97. The van der Waals surface area contributed by atoms with Gasteiger partial charge < -0.3 is 23.4 Å². The molecule has 2 aromatic carbocycles. The first-order valence-corrected chi connectivity index (χ1v) is 22.6. The summed E-state index contributed by atoms with van der Waals surface area (Å²) in [4.78, 5) is 35.3. The van der Waals surface area contributed by atoms with Gasteiger partial charge in [0, 0.05) is 13.1 Å². The van der Waals surface area contributed by atoms with Gasteiger partial charge in [-0.25, -0.2) is 9.78 Å². The van der Waals surface area contributed by atoms with Crippen molar-refractivity contribution in [2.45, 2.75) is 128 Å². The summed E-state index contributed by atoms with van der Waals surface area (Å²) in [6.07, 6.45) is 8.25. The van der Waals surface area contributed by atoms with Gasteiger partial charge in [0.25, 0.3) is 0 Å². The van der Waals surface area contributed by atoms with Gasteiger partial charge in [-0.05, 0) is 119 Å². The average molecular weight is 740 g/mol. The second-order valence-corrected chi connectivity index (χ2v) is 23.1. The number of anilines is 1. The van der Waals surface area contributed by atoms with E-state index in [4.69, 9.17) is 28.9 Å². The van der Waals surface area contributed by atoms with Gasteiger partial charge in [0.05, 0.1) is 30.5 Å². The number of carbonyl (C=O) groups is 1. The molecule has 4 aliphatic rings. The second-order valence-electron chi connectivity index (χ2n) is 18.4. The molecule has 0 spiro atoms. The highest BCUT2D eigenvalue weighted by atomic mass is 28.4. The summed E-state index contributed by atoms with van der Waals surface area (Å²) >= 11 is 0. The maximum absolute atomic E-state index is 13.3. The van der Waals surface area contributed by atoms with Gasteiger partial charge in [-0.3, -0.25) is 9.80 Å². The molecule has 4 aromatic rings. The van der Waals surface area contributed by atoms with E-state index >= 15 is 0 Å². The molecule has 1 amide bonds. The molecule has 12 heteroatoms. The Bertz CT molecular complexity index is 1990. The van der Waals surface area contributed by atoms with Crippen molar-refractivity contribution < 1.29 is 18.7 Å². The lowest BCUT2D eigenvalue weighted by Crippen LogP contribution is -2.57. The molecule has 2 bridgehead atoms. The van der Waals surface area contributed by atoms with Crippen molar-refractivity contribution in [3.8, 4) is 11.6 Å². The minimum Gasteiger partial charge on any atom is -0.543 e. The minimum absolute atomic E-state index is 0.0443. The van der Waals surface area contributed by atoms with Crippen LogP contribution < -0.4 is 14.1 Å². The Balaban J connectivity index is 1.11. The van der Waals surface area contributed by atoms with Gasteiger partial charge >= 0.3 is 6.09 Å². The third kappa shape index (κ3) is 6.86. The van der Waals surface area contributed by atoms with Crippen molar-refractivity contribution in [2.24, 2.45) is 0 Å². The molecule has 2 atom stereocenters. The Morgan fingerprint density at radius 2 is 1.68 bits per heavy atom. The zero-order valence-corrected chi connectivity index (χ0v) is 33.9. The summed E-state index contributed by atoms with van der Waals surface area (Å²) in [6, 6.07) is 13.0. The molecule has 0 saturated carbocycles. The third-order valence-electron chi connectivity index (χ3n) is 12.5. The average Bonchev–Trinajstić information content (AvgIpc) is 3.84. The largest absolute Gasteiger partial charge is 0.543 e. The lowest BCUT2D eigenvalue weighted by Gasteiger charge is -2.41. The summed E-state index contributed by atoms with van der Waals surface area (Å²) in [5, 5.41) is 2.45. The second kappa shape index (κ2) is 13.1. The van der Waals surface area contributed by atoms with Gasteiger partial charge in [-0.1, -0.05) is 45.0 Å². The lowest BCUT2D eigenvalue weighted by atomic mass is 9.95. The molecule has 0 unspecified atom stereocenters. The zero-order chi connectivity index (χ0) is 37.3. The number of rotatable bonds is 8. The highest BCUT2D eigenvalue weighted by Gasteiger charge is 2.47. The zero-order valence-electron chi connectivity index (χ0n) is 32.9. The number of carbonyl (C=O) groups excluding carboxylic acids is 1. The molecule has 4 fully saturated rings. The molecule has 11 nitrogen and oxygen atoms in total. The number of amides is 1. The fourth-order valence-corrected chi connectivity index (χ4v) is 9.79. The number of hydrogen-bond acceptors (Lipinski definition) is 9. The number of nitrogens with zero attached hydrogens (tertiary/aromatic N) is 7. The Morgan fingerprint density at radius 1 is 0.962 bits per heavy atom. The Hall–Kier alpha value is -3.90. The van der Waals surface area contributed by atoms with E-state index in [0.29, 0.717) is 43.6 Å². The fourth-order valence-electron chi connectivity index (χ4n) is 8.77. The van der Waals surface area contributed by atoms with Gasteiger partial charge in [-0.15, -0.1) is 0 Å². The van der Waals surface area contributed by atoms with E-state index in [9.17, 15) is 4.79 Å². The first-order chi connectivity index (χ1) is 25.1. The van der Waals surface area contributed by atoms with Crippen molar-refractivity contribution in [1.29, 1.82) is 0 Å². The normalized spacial score (nSPS) is 21.8. The monoisotopic (exact) mass is 739 g/mol. The van der Waals surface area contributed by atoms with Crippen LogP contribution in [-0.4, -0.2) is 99.7 Å². The number of fused-ring (bicyclic) bond motifs is 5. The molecular weight excluding hydrogens is 683 g/mol. The molecule has 4 aliphatic heterocycles. The van der Waals surface area contributed by atoms with Crippen LogP contribution in [-0.2, 0) is 11.3 Å².